The second-order valence-electron chi connectivity index (χ2n) is 4.23. The summed E-state index contributed by atoms with van der Waals surface area (Å²) in [6.45, 7) is 0.411. The maximum absolute atomic E-state index is 12.0. The monoisotopic (exact) mass is 290 g/mol. The van der Waals surface area contributed by atoms with Crippen LogP contribution in [0.5, 0.6) is 5.75 Å². The van der Waals surface area contributed by atoms with Crippen LogP contribution in [0.15, 0.2) is 42.5 Å². The Hall–Kier alpha value is -2.20. The average molecular weight is 291 g/mol. The predicted molar refractivity (Wildman–Crippen MR) is 80.0 cm³/mol. The summed E-state index contributed by atoms with van der Waals surface area (Å²) in [5.74, 6) is 0.528. The fraction of sp³-hybridized carbons (Fsp3) is 0.133. The van der Waals surface area contributed by atoms with Gasteiger partial charge in [0.25, 0.3) is 5.91 Å². The van der Waals surface area contributed by atoms with Crippen LogP contribution in [0, 0.1) is 0 Å². The minimum Gasteiger partial charge on any atom is -0.497 e. The van der Waals surface area contributed by atoms with Crippen LogP contribution in [0.25, 0.3) is 0 Å². The molecule has 0 saturated carbocycles. The van der Waals surface area contributed by atoms with Crippen molar-refractivity contribution in [3.63, 3.8) is 0 Å². The van der Waals surface area contributed by atoms with Crippen molar-refractivity contribution < 1.29 is 9.53 Å². The standard InChI is InChI=1S/C15H15ClN2O2/c1-20-11-7-5-10(6-8-11)9-18-15(19)12-3-2-4-13(16)14(12)17/h2-8H,9,17H2,1H3,(H,18,19). The van der Waals surface area contributed by atoms with Crippen molar-refractivity contribution in [3.8, 4) is 5.75 Å². The van der Waals surface area contributed by atoms with Gasteiger partial charge in [-0.2, -0.15) is 0 Å². The van der Waals surface area contributed by atoms with E-state index in [-0.39, 0.29) is 5.91 Å². The number of amides is 1. The van der Waals surface area contributed by atoms with Crippen molar-refractivity contribution in [1.29, 1.82) is 0 Å². The number of hydrogen-bond donors (Lipinski definition) is 2. The first-order valence-electron chi connectivity index (χ1n) is 6.07. The molecule has 0 aliphatic rings. The van der Waals surface area contributed by atoms with Crippen LogP contribution in [0.3, 0.4) is 0 Å². The van der Waals surface area contributed by atoms with E-state index in [0.29, 0.717) is 22.8 Å². The number of nitrogens with two attached hydrogens (primary N) is 1. The number of rotatable bonds is 4. The minimum absolute atomic E-state index is 0.249. The summed E-state index contributed by atoms with van der Waals surface area (Å²) >= 11 is 5.89. The zero-order valence-corrected chi connectivity index (χ0v) is 11.8. The van der Waals surface area contributed by atoms with Crippen molar-refractivity contribution in [3.05, 3.63) is 58.6 Å². The number of carbonyl (C=O) groups is 1. The van der Waals surface area contributed by atoms with Crippen molar-refractivity contribution in [2.75, 3.05) is 12.8 Å². The van der Waals surface area contributed by atoms with Gasteiger partial charge in [-0.15, -0.1) is 0 Å². The molecule has 1 amide bonds. The molecule has 0 spiro atoms. The van der Waals surface area contributed by atoms with E-state index in [4.69, 9.17) is 22.1 Å². The first kappa shape index (κ1) is 14.2. The zero-order chi connectivity index (χ0) is 14.5. The second-order valence-corrected chi connectivity index (χ2v) is 4.64. The molecule has 3 N–H and O–H groups in total. The van der Waals surface area contributed by atoms with Gasteiger partial charge in [-0.1, -0.05) is 29.8 Å². The average Bonchev–Trinajstić information content (AvgIpc) is 2.48. The van der Waals surface area contributed by atoms with Crippen molar-refractivity contribution in [1.82, 2.24) is 5.32 Å². The van der Waals surface area contributed by atoms with Gasteiger partial charge in [-0.3, -0.25) is 4.79 Å². The SMILES string of the molecule is COc1ccc(CNC(=O)c2cccc(Cl)c2N)cc1. The molecule has 0 unspecified atom stereocenters. The number of hydrogen-bond acceptors (Lipinski definition) is 3. The number of ether oxygens (including phenoxy) is 1. The normalized spacial score (nSPS) is 10.1. The summed E-state index contributed by atoms with van der Waals surface area (Å²) in [6, 6.07) is 12.5. The molecule has 4 nitrogen and oxygen atoms in total. The highest BCUT2D eigenvalue weighted by molar-refractivity contribution is 6.33. The molecular formula is C15H15ClN2O2. The summed E-state index contributed by atoms with van der Waals surface area (Å²) in [5.41, 5.74) is 7.43. The molecular weight excluding hydrogens is 276 g/mol. The molecule has 0 saturated heterocycles. The maximum Gasteiger partial charge on any atom is 0.253 e. The van der Waals surface area contributed by atoms with E-state index in [9.17, 15) is 4.79 Å². The number of para-hydroxylation sites is 1. The van der Waals surface area contributed by atoms with Crippen molar-refractivity contribution >= 4 is 23.2 Å². The molecule has 2 aromatic rings. The number of halogens is 1. The Labute approximate surface area is 122 Å². The number of methoxy groups -OCH3 is 1. The van der Waals surface area contributed by atoms with Crippen LogP contribution >= 0.6 is 11.6 Å². The summed E-state index contributed by atoms with van der Waals surface area (Å²) in [6.07, 6.45) is 0. The fourth-order valence-corrected chi connectivity index (χ4v) is 1.93. The Morgan fingerprint density at radius 2 is 1.95 bits per heavy atom. The minimum atomic E-state index is -0.249. The lowest BCUT2D eigenvalue weighted by atomic mass is 10.1. The van der Waals surface area contributed by atoms with Gasteiger partial charge in [-0.25, -0.2) is 0 Å². The summed E-state index contributed by atoms with van der Waals surface area (Å²) in [5, 5.41) is 3.18. The summed E-state index contributed by atoms with van der Waals surface area (Å²) < 4.78 is 5.07. The lowest BCUT2D eigenvalue weighted by Crippen LogP contribution is -2.23. The van der Waals surface area contributed by atoms with Crippen LogP contribution < -0.4 is 15.8 Å². The Morgan fingerprint density at radius 1 is 1.25 bits per heavy atom. The highest BCUT2D eigenvalue weighted by Gasteiger charge is 2.11. The number of nitrogen functional groups attached to an aromatic ring is 1. The highest BCUT2D eigenvalue weighted by atomic mass is 35.5. The quantitative estimate of drug-likeness (QED) is 0.851. The van der Waals surface area contributed by atoms with Gasteiger partial charge in [0.05, 0.1) is 23.4 Å². The predicted octanol–water partition coefficient (Wildman–Crippen LogP) is 2.86. The first-order chi connectivity index (χ1) is 9.61. The van der Waals surface area contributed by atoms with Gasteiger partial charge in [0, 0.05) is 6.54 Å². The maximum atomic E-state index is 12.0. The molecule has 0 bridgehead atoms. The van der Waals surface area contributed by atoms with E-state index >= 15 is 0 Å². The lowest BCUT2D eigenvalue weighted by molar-refractivity contribution is 0.0952. The number of nitrogens with one attached hydrogen (secondary N) is 1. The van der Waals surface area contributed by atoms with Crippen molar-refractivity contribution in [2.24, 2.45) is 0 Å². The van der Waals surface area contributed by atoms with E-state index in [1.165, 1.54) is 0 Å². The fourth-order valence-electron chi connectivity index (χ4n) is 1.76. The Bertz CT molecular complexity index is 612. The van der Waals surface area contributed by atoms with Crippen LogP contribution in [0.2, 0.25) is 5.02 Å². The highest BCUT2D eigenvalue weighted by Crippen LogP contribution is 2.22. The van der Waals surface area contributed by atoms with Crippen LogP contribution in [-0.4, -0.2) is 13.0 Å². The van der Waals surface area contributed by atoms with Gasteiger partial charge in [0.2, 0.25) is 0 Å². The Morgan fingerprint density at radius 3 is 2.60 bits per heavy atom. The molecule has 20 heavy (non-hydrogen) atoms. The van der Waals surface area contributed by atoms with E-state index in [2.05, 4.69) is 5.32 Å². The molecule has 0 aromatic heterocycles. The summed E-state index contributed by atoms with van der Waals surface area (Å²) in [7, 11) is 1.61. The van der Waals surface area contributed by atoms with Gasteiger partial charge in [0.1, 0.15) is 5.75 Å². The molecule has 0 aliphatic heterocycles. The van der Waals surface area contributed by atoms with Gasteiger partial charge in [-0.05, 0) is 29.8 Å². The molecule has 104 valence electrons. The van der Waals surface area contributed by atoms with Crippen LogP contribution in [-0.2, 0) is 6.54 Å². The largest absolute Gasteiger partial charge is 0.497 e. The number of benzene rings is 2. The van der Waals surface area contributed by atoms with E-state index < -0.39 is 0 Å². The van der Waals surface area contributed by atoms with Gasteiger partial charge >= 0.3 is 0 Å². The molecule has 0 fully saturated rings. The van der Waals surface area contributed by atoms with Gasteiger partial charge < -0.3 is 15.8 Å². The molecule has 2 aromatic carbocycles. The van der Waals surface area contributed by atoms with Crippen LogP contribution in [0.1, 0.15) is 15.9 Å². The molecule has 2 rings (SSSR count). The molecule has 0 radical (unpaired) electrons. The third-order valence-electron chi connectivity index (χ3n) is 2.91. The summed E-state index contributed by atoms with van der Waals surface area (Å²) in [4.78, 5) is 12.0. The second kappa shape index (κ2) is 6.30. The van der Waals surface area contributed by atoms with E-state index in [1.54, 1.807) is 25.3 Å². The number of anilines is 1. The first-order valence-corrected chi connectivity index (χ1v) is 6.44. The van der Waals surface area contributed by atoms with E-state index in [0.717, 1.165) is 11.3 Å². The third-order valence-corrected chi connectivity index (χ3v) is 3.24. The molecule has 5 heteroatoms. The smallest absolute Gasteiger partial charge is 0.253 e. The molecule has 0 aliphatic carbocycles. The lowest BCUT2D eigenvalue weighted by Gasteiger charge is -2.09. The molecule has 0 atom stereocenters. The third kappa shape index (κ3) is 3.22. The van der Waals surface area contributed by atoms with E-state index in [1.807, 2.05) is 24.3 Å². The zero-order valence-electron chi connectivity index (χ0n) is 11.0. The van der Waals surface area contributed by atoms with Crippen molar-refractivity contribution in [2.45, 2.75) is 6.54 Å². The topological polar surface area (TPSA) is 64.3 Å². The van der Waals surface area contributed by atoms with Crippen LogP contribution in [0.4, 0.5) is 5.69 Å². The molecule has 0 heterocycles. The Balaban J connectivity index is 2.02. The number of carbonyl (C=O) groups excluding carboxylic acids is 1. The van der Waals surface area contributed by atoms with Gasteiger partial charge in [0.15, 0.2) is 0 Å². The Kier molecular flexibility index (Phi) is 4.48.